The average molecular weight is 415 g/mol. The molecule has 29 heavy (non-hydrogen) atoms. The van der Waals surface area contributed by atoms with Crippen molar-refractivity contribution in [2.45, 2.75) is 98.7 Å². The van der Waals surface area contributed by atoms with Gasteiger partial charge in [0.1, 0.15) is 0 Å². The van der Waals surface area contributed by atoms with Gasteiger partial charge in [-0.2, -0.15) is 0 Å². The zero-order valence-corrected chi connectivity index (χ0v) is 19.5. The molecule has 0 aromatic carbocycles. The summed E-state index contributed by atoms with van der Waals surface area (Å²) in [6.45, 7) is 12.8. The zero-order valence-electron chi connectivity index (χ0n) is 19.5. The molecule has 6 nitrogen and oxygen atoms in total. The summed E-state index contributed by atoms with van der Waals surface area (Å²) in [5, 5.41) is 26.1. The molecule has 0 aliphatic carbocycles. The molecule has 6 heteroatoms. The summed E-state index contributed by atoms with van der Waals surface area (Å²) in [4.78, 5) is 24.8. The molecule has 2 amide bonds. The summed E-state index contributed by atoms with van der Waals surface area (Å²) in [7, 11) is 0. The summed E-state index contributed by atoms with van der Waals surface area (Å²) >= 11 is 0. The van der Waals surface area contributed by atoms with Crippen LogP contribution in [-0.4, -0.2) is 47.3 Å². The van der Waals surface area contributed by atoms with Crippen LogP contribution in [0.15, 0.2) is 0 Å². The number of hydrogen-bond donors (Lipinski definition) is 4. The maximum Gasteiger partial charge on any atom is 0.223 e. The highest BCUT2D eigenvalue weighted by Gasteiger charge is 2.23. The van der Waals surface area contributed by atoms with E-state index < -0.39 is 12.2 Å². The Bertz CT molecular complexity index is 448. The molecule has 0 fully saturated rings. The van der Waals surface area contributed by atoms with Crippen LogP contribution in [-0.2, 0) is 9.59 Å². The van der Waals surface area contributed by atoms with Gasteiger partial charge in [-0.3, -0.25) is 9.59 Å². The lowest BCUT2D eigenvalue weighted by atomic mass is 9.91. The van der Waals surface area contributed by atoms with E-state index in [2.05, 4.69) is 24.5 Å². The number of aliphatic hydroxyl groups excluding tert-OH is 2. The predicted octanol–water partition coefficient (Wildman–Crippen LogP) is 3.26. The molecular weight excluding hydrogens is 368 g/mol. The van der Waals surface area contributed by atoms with Gasteiger partial charge in [0.25, 0.3) is 0 Å². The third-order valence-electron chi connectivity index (χ3n) is 6.03. The van der Waals surface area contributed by atoms with E-state index in [0.29, 0.717) is 18.8 Å². The Morgan fingerprint density at radius 3 is 1.66 bits per heavy atom. The van der Waals surface area contributed by atoms with E-state index in [1.165, 1.54) is 0 Å². The van der Waals surface area contributed by atoms with Crippen molar-refractivity contribution in [3.8, 4) is 0 Å². The molecule has 3 unspecified atom stereocenters. The Hall–Kier alpha value is -1.14. The van der Waals surface area contributed by atoms with Crippen LogP contribution in [0.5, 0.6) is 0 Å². The second-order valence-electron chi connectivity index (χ2n) is 8.70. The highest BCUT2D eigenvalue weighted by molar-refractivity contribution is 5.80. The van der Waals surface area contributed by atoms with Crippen LogP contribution in [0.2, 0.25) is 0 Å². The van der Waals surface area contributed by atoms with Crippen molar-refractivity contribution in [2.24, 2.45) is 23.7 Å². The minimum atomic E-state index is -0.538. The molecule has 0 aliphatic heterocycles. The van der Waals surface area contributed by atoms with Crippen LogP contribution in [0.3, 0.4) is 0 Å². The number of carbonyl (C=O) groups excluding carboxylic acids is 2. The molecule has 0 aromatic rings. The van der Waals surface area contributed by atoms with E-state index in [0.717, 1.165) is 25.7 Å². The van der Waals surface area contributed by atoms with Gasteiger partial charge in [0.2, 0.25) is 11.8 Å². The molecule has 0 saturated heterocycles. The molecule has 3 atom stereocenters. The number of amides is 2. The van der Waals surface area contributed by atoms with E-state index >= 15 is 0 Å². The molecule has 0 aliphatic rings. The van der Waals surface area contributed by atoms with Gasteiger partial charge in [-0.1, -0.05) is 67.2 Å². The van der Waals surface area contributed by atoms with Crippen molar-refractivity contribution in [1.82, 2.24) is 10.6 Å². The summed E-state index contributed by atoms with van der Waals surface area (Å²) in [5.41, 5.74) is 0. The first-order valence-corrected chi connectivity index (χ1v) is 11.6. The van der Waals surface area contributed by atoms with Crippen molar-refractivity contribution in [2.75, 3.05) is 13.1 Å². The van der Waals surface area contributed by atoms with E-state index in [9.17, 15) is 19.8 Å². The number of rotatable bonds is 16. The standard InChI is InChI=1S/C23H46N2O4/c1-7-17(8-2)20(26)14-24-22(28)12-11-19(13-16(5)6)23(29)25-15-21(27)18(9-3)10-4/h16-21,26-27H,7-15H2,1-6H3,(H,24,28)(H,25,29). The number of nitrogens with one attached hydrogen (secondary N) is 2. The Morgan fingerprint density at radius 2 is 1.24 bits per heavy atom. The molecular formula is C23H46N2O4. The highest BCUT2D eigenvalue weighted by atomic mass is 16.3. The van der Waals surface area contributed by atoms with Crippen LogP contribution in [0, 0.1) is 23.7 Å². The van der Waals surface area contributed by atoms with Crippen LogP contribution in [0.1, 0.15) is 86.5 Å². The summed E-state index contributed by atoms with van der Waals surface area (Å²) in [6.07, 6.45) is 3.89. The van der Waals surface area contributed by atoms with Gasteiger partial charge in [0.05, 0.1) is 12.2 Å². The van der Waals surface area contributed by atoms with E-state index in [-0.39, 0.29) is 49.1 Å². The maximum atomic E-state index is 12.6. The molecule has 0 heterocycles. The number of hydrogen-bond acceptors (Lipinski definition) is 4. The molecule has 0 radical (unpaired) electrons. The summed E-state index contributed by atoms with van der Waals surface area (Å²) in [5.74, 6) is 0.248. The SMILES string of the molecule is CCC(CC)C(O)CNC(=O)CCC(CC(C)C)C(=O)NCC(O)C(CC)CC. The Labute approximate surface area is 178 Å². The third kappa shape index (κ3) is 11.6. The zero-order chi connectivity index (χ0) is 22.4. The van der Waals surface area contributed by atoms with Crippen LogP contribution >= 0.6 is 0 Å². The van der Waals surface area contributed by atoms with E-state index in [1.807, 2.05) is 27.7 Å². The predicted molar refractivity (Wildman–Crippen MR) is 118 cm³/mol. The van der Waals surface area contributed by atoms with Gasteiger partial charge in [-0.25, -0.2) is 0 Å². The largest absolute Gasteiger partial charge is 0.391 e. The first kappa shape index (κ1) is 27.9. The van der Waals surface area contributed by atoms with E-state index in [1.54, 1.807) is 0 Å². The van der Waals surface area contributed by atoms with Crippen molar-refractivity contribution in [3.63, 3.8) is 0 Å². The van der Waals surface area contributed by atoms with Gasteiger partial charge in [0.15, 0.2) is 0 Å². The Morgan fingerprint density at radius 1 is 0.793 bits per heavy atom. The maximum absolute atomic E-state index is 12.6. The lowest BCUT2D eigenvalue weighted by Gasteiger charge is -2.23. The van der Waals surface area contributed by atoms with Crippen molar-refractivity contribution >= 4 is 11.8 Å². The van der Waals surface area contributed by atoms with Gasteiger partial charge in [0, 0.05) is 25.4 Å². The number of carbonyl (C=O) groups is 2. The average Bonchev–Trinajstić information content (AvgIpc) is 2.69. The number of aliphatic hydroxyl groups is 2. The third-order valence-corrected chi connectivity index (χ3v) is 6.03. The lowest BCUT2D eigenvalue weighted by Crippen LogP contribution is -2.40. The molecule has 4 N–H and O–H groups in total. The first-order chi connectivity index (χ1) is 13.7. The van der Waals surface area contributed by atoms with Crippen molar-refractivity contribution in [3.05, 3.63) is 0 Å². The minimum Gasteiger partial charge on any atom is -0.391 e. The van der Waals surface area contributed by atoms with Crippen molar-refractivity contribution in [1.29, 1.82) is 0 Å². The minimum absolute atomic E-state index is 0.0893. The van der Waals surface area contributed by atoms with Crippen LogP contribution in [0.25, 0.3) is 0 Å². The fraction of sp³-hybridized carbons (Fsp3) is 0.913. The second-order valence-corrected chi connectivity index (χ2v) is 8.70. The Kier molecular flexibility index (Phi) is 15.1. The fourth-order valence-corrected chi connectivity index (χ4v) is 3.89. The molecule has 0 rings (SSSR count). The van der Waals surface area contributed by atoms with Crippen LogP contribution < -0.4 is 10.6 Å². The molecule has 0 spiro atoms. The van der Waals surface area contributed by atoms with Gasteiger partial charge in [-0.15, -0.1) is 0 Å². The topological polar surface area (TPSA) is 98.7 Å². The smallest absolute Gasteiger partial charge is 0.223 e. The van der Waals surface area contributed by atoms with E-state index in [4.69, 9.17) is 0 Å². The van der Waals surface area contributed by atoms with Crippen LogP contribution in [0.4, 0.5) is 0 Å². The highest BCUT2D eigenvalue weighted by Crippen LogP contribution is 2.19. The fourth-order valence-electron chi connectivity index (χ4n) is 3.89. The molecule has 172 valence electrons. The molecule has 0 aromatic heterocycles. The normalized spacial score (nSPS) is 14.9. The van der Waals surface area contributed by atoms with Gasteiger partial charge in [-0.05, 0) is 30.6 Å². The first-order valence-electron chi connectivity index (χ1n) is 11.6. The van der Waals surface area contributed by atoms with Gasteiger partial charge < -0.3 is 20.8 Å². The lowest BCUT2D eigenvalue weighted by molar-refractivity contribution is -0.127. The quantitative estimate of drug-likeness (QED) is 0.311. The monoisotopic (exact) mass is 414 g/mol. The molecule has 0 saturated carbocycles. The van der Waals surface area contributed by atoms with Crippen molar-refractivity contribution < 1.29 is 19.8 Å². The summed E-state index contributed by atoms with van der Waals surface area (Å²) < 4.78 is 0. The Balaban J connectivity index is 4.56. The van der Waals surface area contributed by atoms with Gasteiger partial charge >= 0.3 is 0 Å². The summed E-state index contributed by atoms with van der Waals surface area (Å²) in [6, 6.07) is 0. The second kappa shape index (κ2) is 15.7. The molecule has 0 bridgehead atoms.